The van der Waals surface area contributed by atoms with E-state index in [4.69, 9.17) is 0 Å². The number of benzene rings is 1. The van der Waals surface area contributed by atoms with Gasteiger partial charge in [-0.2, -0.15) is 18.3 Å². The zero-order chi connectivity index (χ0) is 25.7. The van der Waals surface area contributed by atoms with Gasteiger partial charge in [-0.1, -0.05) is 12.1 Å². The number of alkyl halides is 5. The first-order valence-electron chi connectivity index (χ1n) is 12.3. The van der Waals surface area contributed by atoms with Crippen molar-refractivity contribution in [1.82, 2.24) is 19.6 Å². The number of rotatable bonds is 5. The number of carbonyl (C=O) groups excluding carboxylic acids is 1. The molecular formula is C25H28F6N4O. The molecule has 36 heavy (non-hydrogen) atoms. The fourth-order valence-electron chi connectivity index (χ4n) is 5.71. The SMILES string of the molecule is O=C(C[C@H]1CC[C@H](N2CC(F)(F)C2)CC1)N1CCc2c(C(F)(F)F)nn(Cc3ccc(F)cc3)c2C1. The van der Waals surface area contributed by atoms with E-state index in [1.165, 1.54) is 28.9 Å². The number of halogens is 6. The Bertz CT molecular complexity index is 1100. The predicted octanol–water partition coefficient (Wildman–Crippen LogP) is 4.87. The summed E-state index contributed by atoms with van der Waals surface area (Å²) in [6.07, 6.45) is -1.14. The molecule has 0 unspecified atom stereocenters. The predicted molar refractivity (Wildman–Crippen MR) is 119 cm³/mol. The molecule has 3 heterocycles. The van der Waals surface area contributed by atoms with Crippen molar-refractivity contribution >= 4 is 5.91 Å². The van der Waals surface area contributed by atoms with E-state index in [1.54, 1.807) is 4.90 Å². The fraction of sp³-hybridized carbons (Fsp3) is 0.600. The summed E-state index contributed by atoms with van der Waals surface area (Å²) in [6, 6.07) is 5.62. The molecule has 1 saturated heterocycles. The molecule has 2 aliphatic heterocycles. The Morgan fingerprint density at radius 1 is 1.06 bits per heavy atom. The number of hydrogen-bond donors (Lipinski definition) is 0. The molecule has 1 aromatic carbocycles. The van der Waals surface area contributed by atoms with Gasteiger partial charge in [0, 0.05) is 24.6 Å². The third-order valence-corrected chi connectivity index (χ3v) is 7.67. The van der Waals surface area contributed by atoms with Crippen molar-refractivity contribution in [3.8, 4) is 0 Å². The van der Waals surface area contributed by atoms with Crippen molar-refractivity contribution in [2.24, 2.45) is 5.92 Å². The van der Waals surface area contributed by atoms with Gasteiger partial charge in [0.1, 0.15) is 5.82 Å². The van der Waals surface area contributed by atoms with Crippen molar-refractivity contribution in [3.05, 3.63) is 52.6 Å². The molecule has 0 N–H and O–H groups in total. The van der Waals surface area contributed by atoms with Gasteiger partial charge >= 0.3 is 6.18 Å². The van der Waals surface area contributed by atoms with Crippen LogP contribution in [0, 0.1) is 11.7 Å². The Morgan fingerprint density at radius 3 is 2.33 bits per heavy atom. The Kier molecular flexibility index (Phi) is 6.55. The second-order valence-electron chi connectivity index (χ2n) is 10.3. The molecule has 2 fully saturated rings. The van der Waals surface area contributed by atoms with E-state index in [2.05, 4.69) is 5.10 Å². The maximum atomic E-state index is 13.7. The average Bonchev–Trinajstić information content (AvgIpc) is 3.17. The van der Waals surface area contributed by atoms with Gasteiger partial charge in [0.2, 0.25) is 5.91 Å². The van der Waals surface area contributed by atoms with Gasteiger partial charge in [-0.05, 0) is 55.7 Å². The van der Waals surface area contributed by atoms with Crippen LogP contribution in [0.3, 0.4) is 0 Å². The van der Waals surface area contributed by atoms with Gasteiger partial charge < -0.3 is 4.90 Å². The third kappa shape index (κ3) is 5.26. The molecule has 5 nitrogen and oxygen atoms in total. The zero-order valence-electron chi connectivity index (χ0n) is 19.7. The molecule has 0 spiro atoms. The number of fused-ring (bicyclic) bond motifs is 1. The summed E-state index contributed by atoms with van der Waals surface area (Å²) in [5, 5.41) is 3.84. The molecule has 2 aromatic rings. The van der Waals surface area contributed by atoms with Crippen LogP contribution in [-0.2, 0) is 30.5 Å². The monoisotopic (exact) mass is 514 g/mol. The molecule has 1 amide bonds. The van der Waals surface area contributed by atoms with Crippen LogP contribution >= 0.6 is 0 Å². The van der Waals surface area contributed by atoms with Crippen LogP contribution < -0.4 is 0 Å². The van der Waals surface area contributed by atoms with Gasteiger partial charge in [0.05, 0.1) is 31.9 Å². The van der Waals surface area contributed by atoms with Crippen molar-refractivity contribution in [1.29, 1.82) is 0 Å². The highest BCUT2D eigenvalue weighted by Crippen LogP contribution is 2.38. The highest BCUT2D eigenvalue weighted by Gasteiger charge is 2.47. The second kappa shape index (κ2) is 9.39. The molecule has 196 valence electrons. The molecule has 11 heteroatoms. The average molecular weight is 515 g/mol. The van der Waals surface area contributed by atoms with Gasteiger partial charge in [-0.15, -0.1) is 0 Å². The molecule has 1 aliphatic carbocycles. The second-order valence-corrected chi connectivity index (χ2v) is 10.3. The highest BCUT2D eigenvalue weighted by atomic mass is 19.4. The maximum Gasteiger partial charge on any atom is 0.435 e. The minimum absolute atomic E-state index is 0.0383. The number of aromatic nitrogens is 2. The summed E-state index contributed by atoms with van der Waals surface area (Å²) in [4.78, 5) is 16.5. The van der Waals surface area contributed by atoms with Crippen LogP contribution in [0.4, 0.5) is 26.3 Å². The van der Waals surface area contributed by atoms with Crippen molar-refractivity contribution in [2.45, 2.75) is 69.8 Å². The first-order valence-corrected chi connectivity index (χ1v) is 12.3. The minimum Gasteiger partial charge on any atom is -0.336 e. The Morgan fingerprint density at radius 2 is 1.72 bits per heavy atom. The number of amides is 1. The topological polar surface area (TPSA) is 41.4 Å². The normalized spacial score (nSPS) is 24.3. The summed E-state index contributed by atoms with van der Waals surface area (Å²) >= 11 is 0. The standard InChI is InChI=1S/C25H28F6N4O/c26-18-5-1-17(2-6-18)12-35-21-13-33(10-9-20(21)23(32-35)25(29,30)31)22(36)11-16-3-7-19(8-4-16)34-14-24(27,28)15-34/h1-2,5-6,16,19H,3-4,7-15H2/t16-,19-. The minimum atomic E-state index is -4.61. The van der Waals surface area contributed by atoms with Gasteiger partial charge in [0.25, 0.3) is 5.92 Å². The van der Waals surface area contributed by atoms with Crippen LogP contribution in [0.5, 0.6) is 0 Å². The van der Waals surface area contributed by atoms with Crippen molar-refractivity contribution in [2.75, 3.05) is 19.6 Å². The Balaban J connectivity index is 1.23. The number of nitrogens with zero attached hydrogens (tertiary/aromatic N) is 4. The van der Waals surface area contributed by atoms with Crippen LogP contribution in [0.25, 0.3) is 0 Å². The lowest BCUT2D eigenvalue weighted by molar-refractivity contribution is -0.151. The lowest BCUT2D eigenvalue weighted by Crippen LogP contribution is -2.60. The van der Waals surface area contributed by atoms with Gasteiger partial charge in [-0.3, -0.25) is 14.4 Å². The van der Waals surface area contributed by atoms with Crippen molar-refractivity contribution < 1.29 is 31.1 Å². The molecular weight excluding hydrogens is 486 g/mol. The summed E-state index contributed by atoms with van der Waals surface area (Å²) in [6.45, 7) is -0.113. The smallest absolute Gasteiger partial charge is 0.336 e. The highest BCUT2D eigenvalue weighted by molar-refractivity contribution is 5.76. The maximum absolute atomic E-state index is 13.7. The lowest BCUT2D eigenvalue weighted by Gasteiger charge is -2.46. The van der Waals surface area contributed by atoms with E-state index >= 15 is 0 Å². The van der Waals surface area contributed by atoms with Gasteiger partial charge in [0.15, 0.2) is 5.69 Å². The molecule has 3 aliphatic rings. The molecule has 0 radical (unpaired) electrons. The summed E-state index contributed by atoms with van der Waals surface area (Å²) < 4.78 is 81.8. The van der Waals surface area contributed by atoms with Crippen molar-refractivity contribution in [3.63, 3.8) is 0 Å². The third-order valence-electron chi connectivity index (χ3n) is 7.67. The molecule has 0 bridgehead atoms. The zero-order valence-corrected chi connectivity index (χ0v) is 19.7. The van der Waals surface area contributed by atoms with E-state index in [9.17, 15) is 31.1 Å². The number of carbonyl (C=O) groups is 1. The number of likely N-dealkylation sites (tertiary alicyclic amines) is 1. The van der Waals surface area contributed by atoms with Crippen LogP contribution in [-0.4, -0.2) is 57.1 Å². The van der Waals surface area contributed by atoms with Gasteiger partial charge in [-0.25, -0.2) is 13.2 Å². The van der Waals surface area contributed by atoms with E-state index in [0.717, 1.165) is 25.7 Å². The molecule has 0 atom stereocenters. The lowest BCUT2D eigenvalue weighted by atomic mass is 9.82. The van der Waals surface area contributed by atoms with E-state index in [0.29, 0.717) is 17.7 Å². The molecule has 1 aromatic heterocycles. The largest absolute Gasteiger partial charge is 0.435 e. The first-order chi connectivity index (χ1) is 17.0. The van der Waals surface area contributed by atoms with Crippen LogP contribution in [0.1, 0.15) is 54.6 Å². The molecule has 5 rings (SSSR count). The van der Waals surface area contributed by atoms with E-state index in [-0.39, 0.29) is 62.6 Å². The Hall–Kier alpha value is -2.56. The number of hydrogen-bond acceptors (Lipinski definition) is 3. The van der Waals surface area contributed by atoms with E-state index < -0.39 is 23.6 Å². The molecule has 1 saturated carbocycles. The first kappa shape index (κ1) is 25.1. The summed E-state index contributed by atoms with van der Waals surface area (Å²) in [7, 11) is 0. The van der Waals surface area contributed by atoms with Crippen LogP contribution in [0.2, 0.25) is 0 Å². The summed E-state index contributed by atoms with van der Waals surface area (Å²) in [5.74, 6) is -2.99. The Labute approximate surface area is 205 Å². The quantitative estimate of drug-likeness (QED) is 0.535. The van der Waals surface area contributed by atoms with E-state index in [1.807, 2.05) is 4.90 Å². The summed E-state index contributed by atoms with van der Waals surface area (Å²) in [5.41, 5.74) is 0.145. The fourth-order valence-corrected chi connectivity index (χ4v) is 5.71. The van der Waals surface area contributed by atoms with Crippen LogP contribution in [0.15, 0.2) is 24.3 Å².